The second kappa shape index (κ2) is 7.75. The van der Waals surface area contributed by atoms with Crippen molar-refractivity contribution in [3.8, 4) is 0 Å². The van der Waals surface area contributed by atoms with Gasteiger partial charge in [0.2, 0.25) is 5.89 Å². The summed E-state index contributed by atoms with van der Waals surface area (Å²) in [5.41, 5.74) is 0.00642. The molecule has 2 heterocycles. The van der Waals surface area contributed by atoms with Crippen molar-refractivity contribution in [2.24, 2.45) is 0 Å². The topological polar surface area (TPSA) is 71.3 Å². The van der Waals surface area contributed by atoms with E-state index in [9.17, 15) is 13.6 Å². The molecule has 2 aromatic carbocycles. The highest BCUT2D eigenvalue weighted by Crippen LogP contribution is 2.26. The van der Waals surface area contributed by atoms with Crippen molar-refractivity contribution in [2.45, 2.75) is 18.9 Å². The zero-order valence-corrected chi connectivity index (χ0v) is 14.9. The van der Waals surface area contributed by atoms with Crippen LogP contribution in [0, 0.1) is 11.6 Å². The highest BCUT2D eigenvalue weighted by atomic mass is 19.1. The van der Waals surface area contributed by atoms with Gasteiger partial charge in [-0.15, -0.1) is 5.10 Å². The highest BCUT2D eigenvalue weighted by molar-refractivity contribution is 5.95. The fraction of sp³-hybridized carbons (Fsp3) is 0.250. The van der Waals surface area contributed by atoms with Crippen LogP contribution >= 0.6 is 0 Å². The smallest absolute Gasteiger partial charge is 0.318 e. The number of carbonyl (C=O) groups excluding carboxylic acids is 1. The third-order valence-corrected chi connectivity index (χ3v) is 4.65. The maximum atomic E-state index is 14.0. The van der Waals surface area contributed by atoms with Gasteiger partial charge in [0.05, 0.1) is 0 Å². The van der Waals surface area contributed by atoms with Gasteiger partial charge in [0.25, 0.3) is 5.91 Å². The van der Waals surface area contributed by atoms with Gasteiger partial charge >= 0.3 is 6.01 Å². The SMILES string of the molecule is O=C(NC(c1ccccc1)c1nnc(N2CCCC2)o1)c1c(F)cccc1F. The van der Waals surface area contributed by atoms with Crippen molar-refractivity contribution in [3.05, 3.63) is 77.2 Å². The summed E-state index contributed by atoms with van der Waals surface area (Å²) in [5, 5.41) is 10.8. The molecule has 3 aromatic rings. The average molecular weight is 384 g/mol. The second-order valence-electron chi connectivity index (χ2n) is 6.53. The minimum Gasteiger partial charge on any atom is -0.405 e. The van der Waals surface area contributed by atoms with Crippen LogP contribution in [0.4, 0.5) is 14.8 Å². The predicted molar refractivity (Wildman–Crippen MR) is 97.9 cm³/mol. The number of aromatic nitrogens is 2. The van der Waals surface area contributed by atoms with E-state index in [1.807, 2.05) is 11.0 Å². The minimum absolute atomic E-state index is 0.151. The molecule has 0 radical (unpaired) electrons. The molecular weight excluding hydrogens is 366 g/mol. The molecule has 1 aliphatic rings. The molecule has 4 rings (SSSR count). The fourth-order valence-electron chi connectivity index (χ4n) is 3.23. The van der Waals surface area contributed by atoms with Crippen molar-refractivity contribution in [3.63, 3.8) is 0 Å². The lowest BCUT2D eigenvalue weighted by molar-refractivity contribution is 0.0929. The van der Waals surface area contributed by atoms with Crippen molar-refractivity contribution < 1.29 is 18.0 Å². The molecule has 8 heteroatoms. The molecular formula is C20H18F2N4O2. The first-order valence-electron chi connectivity index (χ1n) is 9.01. The number of halogens is 2. The molecule has 1 unspecified atom stereocenters. The molecule has 0 spiro atoms. The number of benzene rings is 2. The Hall–Kier alpha value is -3.29. The van der Waals surface area contributed by atoms with E-state index in [4.69, 9.17) is 4.42 Å². The largest absolute Gasteiger partial charge is 0.405 e. The normalized spacial score (nSPS) is 14.9. The van der Waals surface area contributed by atoms with E-state index >= 15 is 0 Å². The molecule has 6 nitrogen and oxygen atoms in total. The van der Waals surface area contributed by atoms with Crippen LogP contribution in [0.5, 0.6) is 0 Å². The highest BCUT2D eigenvalue weighted by Gasteiger charge is 2.27. The van der Waals surface area contributed by atoms with Crippen LogP contribution in [0.15, 0.2) is 52.9 Å². The van der Waals surface area contributed by atoms with E-state index in [0.717, 1.165) is 38.1 Å². The lowest BCUT2D eigenvalue weighted by Gasteiger charge is -2.17. The Kier molecular flexibility index (Phi) is 5.01. The number of nitrogens with one attached hydrogen (secondary N) is 1. The van der Waals surface area contributed by atoms with Gasteiger partial charge in [-0.1, -0.05) is 41.5 Å². The number of hydrogen-bond donors (Lipinski definition) is 1. The van der Waals surface area contributed by atoms with Crippen LogP contribution in [0.2, 0.25) is 0 Å². The maximum Gasteiger partial charge on any atom is 0.318 e. The molecule has 1 amide bonds. The van der Waals surface area contributed by atoms with Gasteiger partial charge in [-0.2, -0.15) is 0 Å². The van der Waals surface area contributed by atoms with Crippen LogP contribution in [-0.4, -0.2) is 29.2 Å². The van der Waals surface area contributed by atoms with Crippen LogP contribution in [0.3, 0.4) is 0 Å². The molecule has 0 aliphatic carbocycles. The number of hydrogen-bond acceptors (Lipinski definition) is 5. The van der Waals surface area contributed by atoms with E-state index in [0.29, 0.717) is 11.6 Å². The van der Waals surface area contributed by atoms with Gasteiger partial charge in [0.1, 0.15) is 23.2 Å². The lowest BCUT2D eigenvalue weighted by Crippen LogP contribution is -2.31. The first-order chi connectivity index (χ1) is 13.6. The molecule has 1 saturated heterocycles. The van der Waals surface area contributed by atoms with Gasteiger partial charge in [-0.3, -0.25) is 4.79 Å². The molecule has 1 atom stereocenters. The molecule has 0 bridgehead atoms. The fourth-order valence-corrected chi connectivity index (χ4v) is 3.23. The summed E-state index contributed by atoms with van der Waals surface area (Å²) in [6, 6.07) is 11.7. The van der Waals surface area contributed by atoms with Gasteiger partial charge < -0.3 is 14.6 Å². The molecule has 0 saturated carbocycles. The zero-order chi connectivity index (χ0) is 19.5. The van der Waals surface area contributed by atoms with Gasteiger partial charge in [-0.25, -0.2) is 8.78 Å². The van der Waals surface area contributed by atoms with Crippen LogP contribution in [0.1, 0.15) is 40.7 Å². The van der Waals surface area contributed by atoms with Gasteiger partial charge in [0, 0.05) is 13.1 Å². The minimum atomic E-state index is -0.937. The van der Waals surface area contributed by atoms with Crippen molar-refractivity contribution >= 4 is 11.9 Å². The van der Waals surface area contributed by atoms with Crippen molar-refractivity contribution in [2.75, 3.05) is 18.0 Å². The van der Waals surface area contributed by atoms with Crippen molar-refractivity contribution in [1.82, 2.24) is 15.5 Å². The Morgan fingerprint density at radius 3 is 2.36 bits per heavy atom. The summed E-state index contributed by atoms with van der Waals surface area (Å²) in [7, 11) is 0. The monoisotopic (exact) mass is 384 g/mol. The molecule has 28 heavy (non-hydrogen) atoms. The average Bonchev–Trinajstić information content (AvgIpc) is 3.38. The van der Waals surface area contributed by atoms with E-state index < -0.39 is 29.1 Å². The second-order valence-corrected chi connectivity index (χ2v) is 6.53. The Morgan fingerprint density at radius 1 is 1.00 bits per heavy atom. The number of anilines is 1. The van der Waals surface area contributed by atoms with E-state index in [2.05, 4.69) is 15.5 Å². The number of rotatable bonds is 5. The quantitative estimate of drug-likeness (QED) is 0.729. The predicted octanol–water partition coefficient (Wildman–Crippen LogP) is 3.47. The number of carbonyl (C=O) groups is 1. The summed E-state index contributed by atoms with van der Waals surface area (Å²) in [6.45, 7) is 1.65. The summed E-state index contributed by atoms with van der Waals surface area (Å²) in [5.74, 6) is -2.62. The first kappa shape index (κ1) is 18.1. The van der Waals surface area contributed by atoms with E-state index in [1.165, 1.54) is 6.07 Å². The standard InChI is InChI=1S/C20H18F2N4O2/c21-14-9-6-10-15(22)16(14)18(27)23-17(13-7-2-1-3-8-13)19-24-25-20(28-19)26-11-4-5-12-26/h1-3,6-10,17H,4-5,11-12H2,(H,23,27). The molecule has 1 aliphatic heterocycles. The molecule has 1 N–H and O–H groups in total. The maximum absolute atomic E-state index is 14.0. The molecule has 1 fully saturated rings. The summed E-state index contributed by atoms with van der Waals surface area (Å²) in [6.07, 6.45) is 2.09. The van der Waals surface area contributed by atoms with Crippen LogP contribution in [0.25, 0.3) is 0 Å². The van der Waals surface area contributed by atoms with E-state index in [-0.39, 0.29) is 5.89 Å². The lowest BCUT2D eigenvalue weighted by atomic mass is 10.1. The zero-order valence-electron chi connectivity index (χ0n) is 14.9. The van der Waals surface area contributed by atoms with Crippen LogP contribution < -0.4 is 10.2 Å². The van der Waals surface area contributed by atoms with E-state index in [1.54, 1.807) is 24.3 Å². The Balaban J connectivity index is 1.66. The summed E-state index contributed by atoms with van der Waals surface area (Å²) < 4.78 is 33.8. The summed E-state index contributed by atoms with van der Waals surface area (Å²) in [4.78, 5) is 14.6. The molecule has 144 valence electrons. The summed E-state index contributed by atoms with van der Waals surface area (Å²) >= 11 is 0. The number of nitrogens with zero attached hydrogens (tertiary/aromatic N) is 3. The number of amides is 1. The first-order valence-corrected chi connectivity index (χ1v) is 9.01. The van der Waals surface area contributed by atoms with Crippen LogP contribution in [-0.2, 0) is 0 Å². The third kappa shape index (κ3) is 3.58. The van der Waals surface area contributed by atoms with Crippen molar-refractivity contribution in [1.29, 1.82) is 0 Å². The Morgan fingerprint density at radius 2 is 1.68 bits per heavy atom. The molecule has 1 aromatic heterocycles. The third-order valence-electron chi connectivity index (χ3n) is 4.65. The van der Waals surface area contributed by atoms with Gasteiger partial charge in [-0.05, 0) is 30.5 Å². The Bertz CT molecular complexity index is 951. The Labute approximate surface area is 160 Å². The van der Waals surface area contributed by atoms with Gasteiger partial charge in [0.15, 0.2) is 0 Å².